The zero-order valence-electron chi connectivity index (χ0n) is 14.7. The van der Waals surface area contributed by atoms with Crippen LogP contribution in [0, 0.1) is 0 Å². The van der Waals surface area contributed by atoms with Crippen LogP contribution in [0.5, 0.6) is 0 Å². The maximum atomic E-state index is 12.6. The summed E-state index contributed by atoms with van der Waals surface area (Å²) in [5, 5.41) is 11.4. The molecular weight excluding hydrogens is 364 g/mol. The molecule has 0 bridgehead atoms. The minimum absolute atomic E-state index is 0.0894. The van der Waals surface area contributed by atoms with E-state index in [1.807, 2.05) is 19.1 Å². The van der Waals surface area contributed by atoms with Crippen molar-refractivity contribution in [2.75, 3.05) is 7.05 Å². The van der Waals surface area contributed by atoms with Crippen molar-refractivity contribution in [1.29, 1.82) is 0 Å². The topological polar surface area (TPSA) is 106 Å². The molecule has 9 heteroatoms. The number of nitrogens with zero attached hydrogens (tertiary/aromatic N) is 4. The van der Waals surface area contributed by atoms with E-state index >= 15 is 0 Å². The number of hydrogen-bond donors (Lipinski definition) is 2. The first-order valence-electron chi connectivity index (χ1n) is 8.34. The van der Waals surface area contributed by atoms with Crippen LogP contribution in [-0.2, 0) is 6.54 Å². The number of amides is 1. The van der Waals surface area contributed by atoms with Crippen LogP contribution >= 0.6 is 11.3 Å². The zero-order chi connectivity index (χ0) is 19.0. The number of carbonyl (C=O) groups is 1. The number of carbonyl (C=O) groups excluding carboxylic acids is 1. The van der Waals surface area contributed by atoms with Gasteiger partial charge in [-0.3, -0.25) is 24.2 Å². The minimum atomic E-state index is -0.420. The van der Waals surface area contributed by atoms with E-state index in [1.165, 1.54) is 23.0 Å². The summed E-state index contributed by atoms with van der Waals surface area (Å²) in [4.78, 5) is 34.2. The molecule has 0 saturated carbocycles. The third-order valence-corrected chi connectivity index (χ3v) is 5.32. The lowest BCUT2D eigenvalue weighted by Gasteiger charge is -2.06. The van der Waals surface area contributed by atoms with E-state index in [1.54, 1.807) is 24.7 Å². The first-order chi connectivity index (χ1) is 13.1. The third-order valence-electron chi connectivity index (χ3n) is 4.25. The average Bonchev–Trinajstić information content (AvgIpc) is 3.34. The normalized spacial score (nSPS) is 11.0. The largest absolute Gasteiger partial charge is 0.355 e. The Morgan fingerprint density at radius 3 is 2.93 bits per heavy atom. The fraction of sp³-hybridized carbons (Fsp3) is 0.167. The fourth-order valence-corrected chi connectivity index (χ4v) is 3.84. The number of thiazole rings is 1. The Labute approximate surface area is 157 Å². The van der Waals surface area contributed by atoms with E-state index < -0.39 is 5.91 Å². The van der Waals surface area contributed by atoms with Crippen LogP contribution in [0.3, 0.4) is 0 Å². The molecule has 4 rings (SSSR count). The summed E-state index contributed by atoms with van der Waals surface area (Å²) in [6.07, 6.45) is 5.22. The highest BCUT2D eigenvalue weighted by Crippen LogP contribution is 2.34. The molecule has 0 unspecified atom stereocenters. The van der Waals surface area contributed by atoms with E-state index in [2.05, 4.69) is 25.5 Å². The van der Waals surface area contributed by atoms with Crippen molar-refractivity contribution in [3.05, 3.63) is 52.7 Å². The van der Waals surface area contributed by atoms with Gasteiger partial charge in [-0.2, -0.15) is 5.10 Å². The van der Waals surface area contributed by atoms with E-state index in [4.69, 9.17) is 0 Å². The Hall–Kier alpha value is -3.33. The Morgan fingerprint density at radius 1 is 1.37 bits per heavy atom. The molecule has 8 nitrogen and oxygen atoms in total. The predicted molar refractivity (Wildman–Crippen MR) is 104 cm³/mol. The number of aryl methyl sites for hydroxylation is 1. The van der Waals surface area contributed by atoms with Gasteiger partial charge in [-0.1, -0.05) is 0 Å². The lowest BCUT2D eigenvalue weighted by atomic mass is 10.1. The van der Waals surface area contributed by atoms with Gasteiger partial charge in [-0.15, -0.1) is 11.3 Å². The summed E-state index contributed by atoms with van der Waals surface area (Å²) < 4.78 is 1.49. The first-order valence-corrected chi connectivity index (χ1v) is 9.16. The molecule has 0 spiro atoms. The number of rotatable bonds is 4. The molecule has 4 heterocycles. The van der Waals surface area contributed by atoms with Crippen molar-refractivity contribution in [2.24, 2.45) is 0 Å². The van der Waals surface area contributed by atoms with Gasteiger partial charge in [0.25, 0.3) is 11.5 Å². The second-order valence-electron chi connectivity index (χ2n) is 5.79. The van der Waals surface area contributed by atoms with Gasteiger partial charge in [0, 0.05) is 43.1 Å². The quantitative estimate of drug-likeness (QED) is 0.565. The Morgan fingerprint density at radius 2 is 2.22 bits per heavy atom. The summed E-state index contributed by atoms with van der Waals surface area (Å²) in [5.41, 5.74) is 1.90. The lowest BCUT2D eigenvalue weighted by Crippen LogP contribution is -2.31. The molecule has 0 aliphatic heterocycles. The molecule has 0 fully saturated rings. The number of aromatic amines is 1. The van der Waals surface area contributed by atoms with Crippen molar-refractivity contribution in [2.45, 2.75) is 13.5 Å². The van der Waals surface area contributed by atoms with Gasteiger partial charge in [0.15, 0.2) is 5.65 Å². The maximum absolute atomic E-state index is 12.6. The Bertz CT molecular complexity index is 1190. The van der Waals surface area contributed by atoms with Crippen molar-refractivity contribution >= 4 is 28.3 Å². The van der Waals surface area contributed by atoms with Crippen LogP contribution < -0.4 is 10.9 Å². The number of aromatic nitrogens is 5. The summed E-state index contributed by atoms with van der Waals surface area (Å²) in [6, 6.07) is 5.39. The summed E-state index contributed by atoms with van der Waals surface area (Å²) in [6.45, 7) is 2.25. The van der Waals surface area contributed by atoms with Crippen LogP contribution in [0.4, 0.5) is 0 Å². The van der Waals surface area contributed by atoms with Gasteiger partial charge in [-0.05, 0) is 25.1 Å². The molecule has 0 aliphatic rings. The van der Waals surface area contributed by atoms with Crippen LogP contribution in [0.2, 0.25) is 0 Å². The zero-order valence-corrected chi connectivity index (χ0v) is 15.5. The number of fused-ring (bicyclic) bond motifs is 1. The van der Waals surface area contributed by atoms with Gasteiger partial charge in [0.05, 0.1) is 10.6 Å². The van der Waals surface area contributed by atoms with Crippen LogP contribution in [0.1, 0.15) is 17.3 Å². The van der Waals surface area contributed by atoms with Crippen molar-refractivity contribution in [3.63, 3.8) is 0 Å². The number of pyridine rings is 2. The van der Waals surface area contributed by atoms with Crippen molar-refractivity contribution in [3.8, 4) is 21.1 Å². The minimum Gasteiger partial charge on any atom is -0.355 e. The van der Waals surface area contributed by atoms with Gasteiger partial charge in [-0.25, -0.2) is 4.98 Å². The number of nitrogens with one attached hydrogen (secondary N) is 2. The van der Waals surface area contributed by atoms with E-state index in [0.29, 0.717) is 17.6 Å². The molecule has 4 aromatic rings. The van der Waals surface area contributed by atoms with Gasteiger partial charge >= 0.3 is 0 Å². The highest BCUT2D eigenvalue weighted by atomic mass is 32.1. The summed E-state index contributed by atoms with van der Waals surface area (Å²) in [7, 11) is 1.50. The van der Waals surface area contributed by atoms with Crippen LogP contribution in [-0.4, -0.2) is 37.7 Å². The molecule has 1 amide bonds. The van der Waals surface area contributed by atoms with Crippen LogP contribution in [0.15, 0.2) is 41.6 Å². The molecule has 4 aromatic heterocycles. The molecule has 0 radical (unpaired) electrons. The highest BCUT2D eigenvalue weighted by Gasteiger charge is 2.20. The monoisotopic (exact) mass is 380 g/mol. The molecule has 27 heavy (non-hydrogen) atoms. The standard InChI is InChI=1S/C18H16N6O2S/c1-3-24-15-11(7-12(18(24)26)16(25)19-2)14(22-23-15)13-9-21-17(27-13)10-5-4-6-20-8-10/h4-9H,3H2,1-2H3,(H,19,25)(H,22,23). The molecule has 0 aliphatic carbocycles. The van der Waals surface area contributed by atoms with Crippen LogP contribution in [0.25, 0.3) is 32.2 Å². The smallest absolute Gasteiger partial charge is 0.265 e. The van der Waals surface area contributed by atoms with Gasteiger partial charge < -0.3 is 5.32 Å². The third kappa shape index (κ3) is 2.81. The lowest BCUT2D eigenvalue weighted by molar-refractivity contribution is 0.0961. The average molecular weight is 380 g/mol. The molecule has 0 atom stereocenters. The second-order valence-corrected chi connectivity index (χ2v) is 6.82. The number of H-pyrrole nitrogens is 1. The molecule has 0 aromatic carbocycles. The molecular formula is C18H16N6O2S. The van der Waals surface area contributed by atoms with Crippen molar-refractivity contribution in [1.82, 2.24) is 30.0 Å². The predicted octanol–water partition coefficient (Wildman–Crippen LogP) is 2.29. The van der Waals surface area contributed by atoms with E-state index in [9.17, 15) is 9.59 Å². The van der Waals surface area contributed by atoms with Gasteiger partial charge in [0.2, 0.25) is 0 Å². The van der Waals surface area contributed by atoms with E-state index in [-0.39, 0.29) is 11.1 Å². The highest BCUT2D eigenvalue weighted by molar-refractivity contribution is 7.18. The summed E-state index contributed by atoms with van der Waals surface area (Å²) in [5.74, 6) is -0.420. The summed E-state index contributed by atoms with van der Waals surface area (Å²) >= 11 is 1.49. The maximum Gasteiger partial charge on any atom is 0.265 e. The molecule has 136 valence electrons. The molecule has 2 N–H and O–H groups in total. The first kappa shape index (κ1) is 17.1. The fourth-order valence-electron chi connectivity index (χ4n) is 2.92. The molecule has 0 saturated heterocycles. The number of hydrogen-bond acceptors (Lipinski definition) is 6. The second kappa shape index (κ2) is 6.76. The van der Waals surface area contributed by atoms with E-state index in [0.717, 1.165) is 21.1 Å². The SMILES string of the molecule is CCn1c(=O)c(C(=O)NC)cc2c(-c3cnc(-c4cccnc4)s3)[nH]nc21. The Kier molecular flexibility index (Phi) is 4.28. The van der Waals surface area contributed by atoms with Crippen molar-refractivity contribution < 1.29 is 4.79 Å². The Balaban J connectivity index is 1.90. The van der Waals surface area contributed by atoms with Gasteiger partial charge in [0.1, 0.15) is 10.6 Å².